The first-order valence-electron chi connectivity index (χ1n) is 2.93. The number of aldehydes is 1. The van der Waals surface area contributed by atoms with Crippen molar-refractivity contribution in [2.75, 3.05) is 7.11 Å². The molecule has 0 atom stereocenters. The van der Waals surface area contributed by atoms with E-state index in [2.05, 4.69) is 20.9 Å². The Balaban J connectivity index is 3.23. The molecule has 3 nitrogen and oxygen atoms in total. The molecule has 0 N–H and O–H groups in total. The largest absolute Gasteiger partial charge is 0.493 e. The van der Waals surface area contributed by atoms with Gasteiger partial charge in [-0.1, -0.05) is 0 Å². The highest BCUT2D eigenvalue weighted by Crippen LogP contribution is 2.25. The second kappa shape index (κ2) is 3.48. The third-order valence-electron chi connectivity index (χ3n) is 1.20. The Hall–Kier alpha value is -0.900. The van der Waals surface area contributed by atoms with Crippen molar-refractivity contribution in [3.8, 4) is 5.75 Å². The normalized spacial score (nSPS) is 9.27. The van der Waals surface area contributed by atoms with Gasteiger partial charge in [0, 0.05) is 6.20 Å². The highest BCUT2D eigenvalue weighted by Gasteiger charge is 2.05. The average molecular weight is 216 g/mol. The maximum Gasteiger partial charge on any atom is 0.172 e. The third kappa shape index (κ3) is 1.57. The summed E-state index contributed by atoms with van der Waals surface area (Å²) in [5, 5.41) is 0. The fourth-order valence-corrected chi connectivity index (χ4v) is 1.21. The number of pyridine rings is 1. The molecular formula is C7H6BrNO2. The molecule has 0 amide bonds. The Labute approximate surface area is 72.5 Å². The number of methoxy groups -OCH3 is 1. The van der Waals surface area contributed by atoms with Crippen molar-refractivity contribution < 1.29 is 9.53 Å². The van der Waals surface area contributed by atoms with Crippen LogP contribution in [0.1, 0.15) is 10.5 Å². The Morgan fingerprint density at radius 3 is 2.91 bits per heavy atom. The van der Waals surface area contributed by atoms with E-state index in [0.29, 0.717) is 17.7 Å². The number of carbonyl (C=O) groups is 1. The van der Waals surface area contributed by atoms with E-state index in [1.54, 1.807) is 6.07 Å². The lowest BCUT2D eigenvalue weighted by Crippen LogP contribution is -1.93. The van der Waals surface area contributed by atoms with Gasteiger partial charge in [-0.05, 0) is 22.0 Å². The number of aromatic nitrogens is 1. The van der Waals surface area contributed by atoms with Crippen LogP contribution in [0.5, 0.6) is 5.75 Å². The molecule has 1 aromatic rings. The minimum atomic E-state index is 0.307. The predicted octanol–water partition coefficient (Wildman–Crippen LogP) is 1.67. The number of carbonyl (C=O) groups excluding carboxylic acids is 1. The molecular weight excluding hydrogens is 210 g/mol. The van der Waals surface area contributed by atoms with Crippen LogP contribution in [0.3, 0.4) is 0 Å². The highest BCUT2D eigenvalue weighted by molar-refractivity contribution is 9.10. The van der Waals surface area contributed by atoms with E-state index in [1.165, 1.54) is 13.3 Å². The molecule has 11 heavy (non-hydrogen) atoms. The van der Waals surface area contributed by atoms with Crippen LogP contribution in [-0.2, 0) is 0 Å². The van der Waals surface area contributed by atoms with Gasteiger partial charge in [0.2, 0.25) is 0 Å². The summed E-state index contributed by atoms with van der Waals surface area (Å²) in [5.41, 5.74) is 0.307. The quantitative estimate of drug-likeness (QED) is 0.705. The zero-order valence-electron chi connectivity index (χ0n) is 5.87. The van der Waals surface area contributed by atoms with E-state index in [1.807, 2.05) is 0 Å². The number of halogens is 1. The fraction of sp³-hybridized carbons (Fsp3) is 0.143. The second-order valence-corrected chi connectivity index (χ2v) is 2.68. The van der Waals surface area contributed by atoms with Crippen molar-refractivity contribution in [3.63, 3.8) is 0 Å². The highest BCUT2D eigenvalue weighted by atomic mass is 79.9. The molecule has 0 aromatic carbocycles. The van der Waals surface area contributed by atoms with Crippen LogP contribution in [0.25, 0.3) is 0 Å². The summed E-state index contributed by atoms with van der Waals surface area (Å²) >= 11 is 3.22. The molecule has 0 saturated heterocycles. The smallest absolute Gasteiger partial charge is 0.172 e. The van der Waals surface area contributed by atoms with Crippen LogP contribution in [0.2, 0.25) is 0 Å². The van der Waals surface area contributed by atoms with Crippen molar-refractivity contribution in [2.24, 2.45) is 0 Å². The molecule has 0 aliphatic carbocycles. The molecule has 0 saturated carbocycles. The summed E-state index contributed by atoms with van der Waals surface area (Å²) in [6.45, 7) is 0. The zero-order chi connectivity index (χ0) is 8.27. The van der Waals surface area contributed by atoms with Crippen molar-refractivity contribution >= 4 is 22.2 Å². The molecule has 58 valence electrons. The average Bonchev–Trinajstić information content (AvgIpc) is 2.04. The minimum absolute atomic E-state index is 0.307. The predicted molar refractivity (Wildman–Crippen MR) is 43.9 cm³/mol. The molecule has 0 radical (unpaired) electrons. The SMILES string of the molecule is COc1c(Br)ccnc1C=O. The molecule has 0 aliphatic rings. The van der Waals surface area contributed by atoms with Gasteiger partial charge < -0.3 is 4.74 Å². The molecule has 0 fully saturated rings. The summed E-state index contributed by atoms with van der Waals surface area (Å²) in [7, 11) is 1.49. The molecule has 1 aromatic heterocycles. The Morgan fingerprint density at radius 1 is 1.73 bits per heavy atom. The number of ether oxygens (including phenoxy) is 1. The molecule has 0 spiro atoms. The molecule has 1 heterocycles. The van der Waals surface area contributed by atoms with Crippen LogP contribution in [0.4, 0.5) is 0 Å². The van der Waals surface area contributed by atoms with Crippen LogP contribution in [-0.4, -0.2) is 18.4 Å². The van der Waals surface area contributed by atoms with Gasteiger partial charge in [-0.2, -0.15) is 0 Å². The van der Waals surface area contributed by atoms with Gasteiger partial charge >= 0.3 is 0 Å². The fourth-order valence-electron chi connectivity index (χ4n) is 0.726. The molecule has 0 unspecified atom stereocenters. The Morgan fingerprint density at radius 2 is 2.45 bits per heavy atom. The first-order chi connectivity index (χ1) is 5.29. The standard InChI is InChI=1S/C7H6BrNO2/c1-11-7-5(8)2-3-9-6(7)4-10/h2-4H,1H3. The van der Waals surface area contributed by atoms with Gasteiger partial charge in [-0.15, -0.1) is 0 Å². The monoisotopic (exact) mass is 215 g/mol. The van der Waals surface area contributed by atoms with E-state index in [-0.39, 0.29) is 0 Å². The summed E-state index contributed by atoms with van der Waals surface area (Å²) in [6.07, 6.45) is 2.19. The van der Waals surface area contributed by atoms with E-state index in [0.717, 1.165) is 4.47 Å². The Bertz CT molecular complexity index is 275. The lowest BCUT2D eigenvalue weighted by Gasteiger charge is -2.02. The molecule has 4 heteroatoms. The van der Waals surface area contributed by atoms with Crippen molar-refractivity contribution in [1.82, 2.24) is 4.98 Å². The topological polar surface area (TPSA) is 39.2 Å². The number of hydrogen-bond donors (Lipinski definition) is 0. The van der Waals surface area contributed by atoms with E-state index < -0.39 is 0 Å². The van der Waals surface area contributed by atoms with Crippen molar-refractivity contribution in [1.29, 1.82) is 0 Å². The summed E-state index contributed by atoms with van der Waals surface area (Å²) < 4.78 is 5.66. The first-order valence-corrected chi connectivity index (χ1v) is 3.72. The van der Waals surface area contributed by atoms with Crippen LogP contribution >= 0.6 is 15.9 Å². The lowest BCUT2D eigenvalue weighted by atomic mass is 10.3. The van der Waals surface area contributed by atoms with E-state index >= 15 is 0 Å². The van der Waals surface area contributed by atoms with Gasteiger partial charge in [0.1, 0.15) is 5.69 Å². The summed E-state index contributed by atoms with van der Waals surface area (Å²) in [6, 6.07) is 1.71. The van der Waals surface area contributed by atoms with Gasteiger partial charge in [0.25, 0.3) is 0 Å². The van der Waals surface area contributed by atoms with Gasteiger partial charge in [0.05, 0.1) is 11.6 Å². The maximum atomic E-state index is 10.4. The van der Waals surface area contributed by atoms with Crippen LogP contribution in [0, 0.1) is 0 Å². The second-order valence-electron chi connectivity index (χ2n) is 1.83. The summed E-state index contributed by atoms with van der Waals surface area (Å²) in [5.74, 6) is 0.475. The molecule has 0 aliphatic heterocycles. The lowest BCUT2D eigenvalue weighted by molar-refractivity contribution is 0.111. The number of hydrogen-bond acceptors (Lipinski definition) is 3. The van der Waals surface area contributed by atoms with E-state index in [4.69, 9.17) is 4.74 Å². The summed E-state index contributed by atoms with van der Waals surface area (Å²) in [4.78, 5) is 14.2. The molecule has 0 bridgehead atoms. The zero-order valence-corrected chi connectivity index (χ0v) is 7.46. The first kappa shape index (κ1) is 8.20. The van der Waals surface area contributed by atoms with Crippen LogP contribution < -0.4 is 4.74 Å². The third-order valence-corrected chi connectivity index (χ3v) is 1.82. The number of nitrogens with zero attached hydrogens (tertiary/aromatic N) is 1. The van der Waals surface area contributed by atoms with Crippen LogP contribution in [0.15, 0.2) is 16.7 Å². The van der Waals surface area contributed by atoms with Crippen molar-refractivity contribution in [2.45, 2.75) is 0 Å². The minimum Gasteiger partial charge on any atom is -0.493 e. The number of rotatable bonds is 2. The van der Waals surface area contributed by atoms with Crippen molar-refractivity contribution in [3.05, 3.63) is 22.4 Å². The van der Waals surface area contributed by atoms with Gasteiger partial charge in [-0.25, -0.2) is 4.98 Å². The Kier molecular flexibility index (Phi) is 2.59. The molecule has 1 rings (SSSR count). The maximum absolute atomic E-state index is 10.4. The van der Waals surface area contributed by atoms with E-state index in [9.17, 15) is 4.79 Å². The van der Waals surface area contributed by atoms with Gasteiger partial charge in [-0.3, -0.25) is 4.79 Å². The van der Waals surface area contributed by atoms with Gasteiger partial charge in [0.15, 0.2) is 12.0 Å².